The maximum Gasteiger partial charge on any atom is 0.408 e. The van der Waals surface area contributed by atoms with Crippen molar-refractivity contribution in [2.24, 2.45) is 5.92 Å². The molecule has 2 unspecified atom stereocenters. The van der Waals surface area contributed by atoms with Gasteiger partial charge in [0.2, 0.25) is 0 Å². The van der Waals surface area contributed by atoms with Crippen LogP contribution in [0.3, 0.4) is 0 Å². The van der Waals surface area contributed by atoms with Gasteiger partial charge in [0.15, 0.2) is 0 Å². The van der Waals surface area contributed by atoms with Crippen LogP contribution in [0.2, 0.25) is 0 Å². The fourth-order valence-corrected chi connectivity index (χ4v) is 2.42. The fraction of sp³-hybridized carbons (Fsp3) is 0.864. The highest BCUT2D eigenvalue weighted by Crippen LogP contribution is 2.22. The monoisotopic (exact) mass is 431 g/mol. The molecule has 0 rings (SSSR count). The number of carbonyl (C=O) groups is 3. The fourth-order valence-electron chi connectivity index (χ4n) is 2.42. The van der Waals surface area contributed by atoms with E-state index in [4.69, 9.17) is 14.2 Å². The molecule has 0 bridgehead atoms. The number of rotatable bonds is 10. The molecule has 0 saturated carbocycles. The normalized spacial score (nSPS) is 14.5. The van der Waals surface area contributed by atoms with Gasteiger partial charge in [0, 0.05) is 6.61 Å². The van der Waals surface area contributed by atoms with Crippen molar-refractivity contribution >= 4 is 18.0 Å². The van der Waals surface area contributed by atoms with Gasteiger partial charge in [0.05, 0.1) is 5.92 Å². The summed E-state index contributed by atoms with van der Waals surface area (Å²) in [5, 5.41) is 11.7. The molecule has 2 atom stereocenters. The lowest BCUT2D eigenvalue weighted by Crippen LogP contribution is -2.48. The van der Waals surface area contributed by atoms with Crippen molar-refractivity contribution in [2.45, 2.75) is 111 Å². The first-order valence-corrected chi connectivity index (χ1v) is 10.6. The van der Waals surface area contributed by atoms with E-state index >= 15 is 0 Å². The SMILES string of the molecule is CCC(C)(C)OC(=O)C(CC(CCCO)C(=O)OC(C)(C)C)NC(=O)OC(C)(C)C. The third-order valence-corrected chi connectivity index (χ3v) is 4.17. The topological polar surface area (TPSA) is 111 Å². The minimum absolute atomic E-state index is 0.0210. The Labute approximate surface area is 181 Å². The van der Waals surface area contributed by atoms with Crippen molar-refractivity contribution < 1.29 is 33.7 Å². The summed E-state index contributed by atoms with van der Waals surface area (Å²) in [7, 11) is 0. The summed E-state index contributed by atoms with van der Waals surface area (Å²) in [6.07, 6.45) is 0.454. The van der Waals surface area contributed by atoms with Crippen LogP contribution in [0.4, 0.5) is 4.79 Å². The molecule has 0 aliphatic carbocycles. The average molecular weight is 432 g/mol. The van der Waals surface area contributed by atoms with Crippen LogP contribution in [-0.4, -0.2) is 52.6 Å². The van der Waals surface area contributed by atoms with Gasteiger partial charge in [0.1, 0.15) is 22.8 Å². The van der Waals surface area contributed by atoms with Crippen molar-refractivity contribution in [1.82, 2.24) is 5.32 Å². The highest BCUT2D eigenvalue weighted by atomic mass is 16.6. The highest BCUT2D eigenvalue weighted by Gasteiger charge is 2.35. The van der Waals surface area contributed by atoms with Crippen molar-refractivity contribution in [1.29, 1.82) is 0 Å². The van der Waals surface area contributed by atoms with E-state index in [-0.39, 0.29) is 13.0 Å². The summed E-state index contributed by atoms with van der Waals surface area (Å²) < 4.78 is 16.3. The molecule has 30 heavy (non-hydrogen) atoms. The van der Waals surface area contributed by atoms with Gasteiger partial charge in [-0.2, -0.15) is 0 Å². The number of hydrogen-bond donors (Lipinski definition) is 2. The number of aliphatic hydroxyl groups excluding tert-OH is 1. The van der Waals surface area contributed by atoms with Gasteiger partial charge >= 0.3 is 18.0 Å². The molecule has 0 radical (unpaired) electrons. The molecule has 0 fully saturated rings. The molecular formula is C22H41NO7. The van der Waals surface area contributed by atoms with Crippen LogP contribution in [0.5, 0.6) is 0 Å². The molecule has 2 N–H and O–H groups in total. The van der Waals surface area contributed by atoms with Gasteiger partial charge in [-0.25, -0.2) is 9.59 Å². The summed E-state index contributed by atoms with van der Waals surface area (Å²) >= 11 is 0. The number of hydrogen-bond acceptors (Lipinski definition) is 7. The van der Waals surface area contributed by atoms with Crippen LogP contribution in [0, 0.1) is 5.92 Å². The molecule has 0 aromatic rings. The quantitative estimate of drug-likeness (QED) is 0.400. The zero-order valence-electron chi connectivity index (χ0n) is 20.1. The first kappa shape index (κ1) is 28.2. The minimum Gasteiger partial charge on any atom is -0.460 e. The van der Waals surface area contributed by atoms with Crippen LogP contribution < -0.4 is 5.32 Å². The minimum atomic E-state index is -1.10. The maximum absolute atomic E-state index is 12.8. The lowest BCUT2D eigenvalue weighted by molar-refractivity contribution is -0.163. The third-order valence-electron chi connectivity index (χ3n) is 4.17. The third kappa shape index (κ3) is 12.7. The molecule has 0 aliphatic rings. The van der Waals surface area contributed by atoms with E-state index in [0.717, 1.165) is 0 Å². The molecule has 0 spiro atoms. The van der Waals surface area contributed by atoms with E-state index in [0.29, 0.717) is 19.3 Å². The van der Waals surface area contributed by atoms with E-state index < -0.39 is 46.8 Å². The standard InChI is InChI=1S/C22H41NO7/c1-10-22(8,9)29-18(26)16(23-19(27)30-21(5,6)7)14-15(12-11-13-24)17(25)28-20(2,3)4/h15-16,24H,10-14H2,1-9H3,(H,23,27). The van der Waals surface area contributed by atoms with Crippen molar-refractivity contribution in [3.63, 3.8) is 0 Å². The second-order valence-corrected chi connectivity index (χ2v) is 10.1. The molecule has 0 aliphatic heterocycles. The van der Waals surface area contributed by atoms with Crippen molar-refractivity contribution in [3.8, 4) is 0 Å². The second kappa shape index (κ2) is 11.5. The number of alkyl carbamates (subject to hydrolysis) is 1. The van der Waals surface area contributed by atoms with E-state index in [1.54, 1.807) is 55.4 Å². The Kier molecular flexibility index (Phi) is 10.8. The zero-order valence-corrected chi connectivity index (χ0v) is 20.1. The Bertz CT molecular complexity index is 573. The van der Waals surface area contributed by atoms with Crippen LogP contribution in [0.15, 0.2) is 0 Å². The predicted octanol–water partition coefficient (Wildman–Crippen LogP) is 3.73. The second-order valence-electron chi connectivity index (χ2n) is 10.1. The Morgan fingerprint density at radius 3 is 1.83 bits per heavy atom. The maximum atomic E-state index is 12.8. The average Bonchev–Trinajstić information content (AvgIpc) is 2.53. The van der Waals surface area contributed by atoms with E-state index in [1.807, 2.05) is 6.92 Å². The smallest absolute Gasteiger partial charge is 0.408 e. The highest BCUT2D eigenvalue weighted by molar-refractivity contribution is 5.83. The first-order chi connectivity index (χ1) is 13.5. The lowest BCUT2D eigenvalue weighted by atomic mass is 9.94. The molecule has 8 nitrogen and oxygen atoms in total. The molecule has 0 aromatic carbocycles. The van der Waals surface area contributed by atoms with Crippen molar-refractivity contribution in [2.75, 3.05) is 6.61 Å². The van der Waals surface area contributed by atoms with Crippen LogP contribution >= 0.6 is 0 Å². The molecule has 0 aromatic heterocycles. The van der Waals surface area contributed by atoms with Gasteiger partial charge < -0.3 is 24.6 Å². The number of esters is 2. The Morgan fingerprint density at radius 1 is 0.867 bits per heavy atom. The van der Waals surface area contributed by atoms with Crippen LogP contribution in [0.1, 0.15) is 88.0 Å². The first-order valence-electron chi connectivity index (χ1n) is 10.6. The van der Waals surface area contributed by atoms with Crippen LogP contribution in [0.25, 0.3) is 0 Å². The van der Waals surface area contributed by atoms with Crippen molar-refractivity contribution in [3.05, 3.63) is 0 Å². The number of aliphatic hydroxyl groups is 1. The van der Waals surface area contributed by atoms with E-state index in [9.17, 15) is 19.5 Å². The number of nitrogens with one attached hydrogen (secondary N) is 1. The van der Waals surface area contributed by atoms with Gasteiger partial charge in [-0.05, 0) is 81.1 Å². The van der Waals surface area contributed by atoms with Crippen LogP contribution in [-0.2, 0) is 23.8 Å². The Morgan fingerprint density at radius 2 is 1.40 bits per heavy atom. The zero-order chi connectivity index (χ0) is 23.8. The molecular weight excluding hydrogens is 390 g/mol. The summed E-state index contributed by atoms with van der Waals surface area (Å²) in [4.78, 5) is 37.8. The van der Waals surface area contributed by atoms with E-state index in [2.05, 4.69) is 5.32 Å². The summed E-state index contributed by atoms with van der Waals surface area (Å²) in [6.45, 7) is 15.7. The molecule has 8 heteroatoms. The molecule has 0 saturated heterocycles. The molecule has 0 heterocycles. The Balaban J connectivity index is 5.61. The van der Waals surface area contributed by atoms with Gasteiger partial charge in [-0.3, -0.25) is 4.79 Å². The number of amides is 1. The summed E-state index contributed by atoms with van der Waals surface area (Å²) in [5.41, 5.74) is -2.17. The van der Waals surface area contributed by atoms with Gasteiger partial charge in [-0.15, -0.1) is 0 Å². The molecule has 1 amide bonds. The summed E-state index contributed by atoms with van der Waals surface area (Å²) in [6, 6.07) is -1.10. The van der Waals surface area contributed by atoms with Gasteiger partial charge in [0.25, 0.3) is 0 Å². The number of ether oxygens (including phenoxy) is 3. The molecule has 176 valence electrons. The summed E-state index contributed by atoms with van der Waals surface area (Å²) in [5.74, 6) is -1.84. The Hall–Kier alpha value is -1.83. The predicted molar refractivity (Wildman–Crippen MR) is 114 cm³/mol. The number of carbonyl (C=O) groups excluding carboxylic acids is 3. The van der Waals surface area contributed by atoms with Gasteiger partial charge in [-0.1, -0.05) is 6.92 Å². The largest absolute Gasteiger partial charge is 0.460 e. The lowest BCUT2D eigenvalue weighted by Gasteiger charge is -2.30. The van der Waals surface area contributed by atoms with E-state index in [1.165, 1.54) is 0 Å².